The van der Waals surface area contributed by atoms with Crippen LogP contribution in [0.2, 0.25) is 0 Å². The molecule has 1 aromatic carbocycles. The summed E-state index contributed by atoms with van der Waals surface area (Å²) in [6.07, 6.45) is 4.21. The zero-order chi connectivity index (χ0) is 16.4. The van der Waals surface area contributed by atoms with E-state index in [1.54, 1.807) is 18.5 Å². The van der Waals surface area contributed by atoms with Crippen molar-refractivity contribution in [1.29, 1.82) is 0 Å². The van der Waals surface area contributed by atoms with E-state index in [-0.39, 0.29) is 11.9 Å². The summed E-state index contributed by atoms with van der Waals surface area (Å²) in [5.41, 5.74) is 2.36. The fraction of sp³-hybridized carbons (Fsp3) is 0.278. The predicted molar refractivity (Wildman–Crippen MR) is 89.4 cm³/mol. The predicted octanol–water partition coefficient (Wildman–Crippen LogP) is 2.39. The average molecular weight is 322 g/mol. The van der Waals surface area contributed by atoms with E-state index >= 15 is 0 Å². The van der Waals surface area contributed by atoms with Crippen LogP contribution in [0.5, 0.6) is 0 Å². The lowest BCUT2D eigenvalue weighted by Crippen LogP contribution is -2.40. The molecule has 6 heteroatoms. The first-order valence-electron chi connectivity index (χ1n) is 8.03. The van der Waals surface area contributed by atoms with Gasteiger partial charge < -0.3 is 9.64 Å². The molecule has 1 aliphatic rings. The number of rotatable bonds is 4. The molecule has 0 aliphatic carbocycles. The maximum atomic E-state index is 13.1. The number of carbonyl (C=O) groups excluding carboxylic acids is 1. The van der Waals surface area contributed by atoms with Crippen molar-refractivity contribution in [1.82, 2.24) is 20.1 Å². The van der Waals surface area contributed by atoms with Crippen LogP contribution in [0.25, 0.3) is 10.9 Å². The van der Waals surface area contributed by atoms with E-state index in [0.717, 1.165) is 22.9 Å². The quantitative estimate of drug-likeness (QED) is 0.800. The molecule has 122 valence electrons. The van der Waals surface area contributed by atoms with Crippen LogP contribution in [0.15, 0.2) is 48.8 Å². The molecule has 6 nitrogen and oxygen atoms in total. The van der Waals surface area contributed by atoms with Crippen LogP contribution in [0.4, 0.5) is 0 Å². The van der Waals surface area contributed by atoms with Crippen LogP contribution < -0.4 is 0 Å². The second kappa shape index (κ2) is 6.41. The van der Waals surface area contributed by atoms with Crippen LogP contribution in [0, 0.1) is 0 Å². The van der Waals surface area contributed by atoms with Crippen molar-refractivity contribution in [2.24, 2.45) is 0 Å². The molecule has 0 radical (unpaired) electrons. The number of aromatic nitrogens is 3. The second-order valence-corrected chi connectivity index (χ2v) is 5.96. The highest BCUT2D eigenvalue weighted by Gasteiger charge is 2.29. The molecule has 1 N–H and O–H groups in total. The Labute approximate surface area is 139 Å². The molecule has 1 unspecified atom stereocenters. The Morgan fingerprint density at radius 3 is 2.96 bits per heavy atom. The smallest absolute Gasteiger partial charge is 0.273 e. The van der Waals surface area contributed by atoms with Crippen molar-refractivity contribution in [3.8, 4) is 0 Å². The molecule has 1 atom stereocenters. The minimum atomic E-state index is -0.0718. The Hall–Kier alpha value is -2.73. The highest BCUT2D eigenvalue weighted by Crippen LogP contribution is 2.20. The Morgan fingerprint density at radius 1 is 1.29 bits per heavy atom. The van der Waals surface area contributed by atoms with Gasteiger partial charge in [0.15, 0.2) is 0 Å². The first kappa shape index (κ1) is 14.8. The van der Waals surface area contributed by atoms with Gasteiger partial charge in [-0.25, -0.2) is 4.98 Å². The van der Waals surface area contributed by atoms with Gasteiger partial charge in [-0.15, -0.1) is 0 Å². The largest absolute Gasteiger partial charge is 0.379 e. The van der Waals surface area contributed by atoms with Crippen molar-refractivity contribution in [2.45, 2.75) is 19.0 Å². The monoisotopic (exact) mass is 322 g/mol. The Kier molecular flexibility index (Phi) is 3.96. The number of amides is 1. The normalized spacial score (nSPS) is 17.2. The molecule has 1 amide bonds. The third-order valence-corrected chi connectivity index (χ3v) is 4.35. The summed E-state index contributed by atoms with van der Waals surface area (Å²) < 4.78 is 5.49. The summed E-state index contributed by atoms with van der Waals surface area (Å²) in [5.74, 6) is -0.0718. The van der Waals surface area contributed by atoms with Crippen molar-refractivity contribution in [3.05, 3.63) is 60.0 Å². The van der Waals surface area contributed by atoms with E-state index in [0.29, 0.717) is 25.5 Å². The van der Waals surface area contributed by atoms with Gasteiger partial charge in [-0.1, -0.05) is 30.3 Å². The molecule has 3 aromatic rings. The van der Waals surface area contributed by atoms with E-state index in [4.69, 9.17) is 4.74 Å². The Balaban J connectivity index is 1.64. The van der Waals surface area contributed by atoms with Gasteiger partial charge in [0.1, 0.15) is 5.69 Å². The lowest BCUT2D eigenvalue weighted by atomic mass is 10.1. The van der Waals surface area contributed by atoms with Crippen LogP contribution >= 0.6 is 0 Å². The number of aromatic amines is 1. The molecule has 0 saturated carbocycles. The zero-order valence-corrected chi connectivity index (χ0v) is 13.2. The third-order valence-electron chi connectivity index (χ3n) is 4.35. The van der Waals surface area contributed by atoms with Crippen molar-refractivity contribution >= 4 is 16.8 Å². The molecule has 1 aliphatic heterocycles. The number of fused-ring (bicyclic) bond motifs is 1. The SMILES string of the molecule is O=C(c1cc2cn[nH]c2cn1)N(Cc1ccccc1)C1CCOC1. The summed E-state index contributed by atoms with van der Waals surface area (Å²) in [5, 5.41) is 7.72. The van der Waals surface area contributed by atoms with E-state index in [2.05, 4.69) is 15.2 Å². The molecule has 0 spiro atoms. The number of ether oxygens (including phenoxy) is 1. The first-order chi connectivity index (χ1) is 11.8. The number of benzene rings is 1. The van der Waals surface area contributed by atoms with Gasteiger partial charge in [0.2, 0.25) is 0 Å². The van der Waals surface area contributed by atoms with E-state index < -0.39 is 0 Å². The van der Waals surface area contributed by atoms with Crippen LogP contribution in [-0.2, 0) is 11.3 Å². The molecule has 0 bridgehead atoms. The highest BCUT2D eigenvalue weighted by atomic mass is 16.5. The van der Waals surface area contributed by atoms with Gasteiger partial charge in [0.05, 0.1) is 30.6 Å². The number of pyridine rings is 1. The molecule has 4 rings (SSSR count). The van der Waals surface area contributed by atoms with Gasteiger partial charge in [-0.05, 0) is 18.1 Å². The van der Waals surface area contributed by atoms with Gasteiger partial charge >= 0.3 is 0 Å². The molecular formula is C18H18N4O2. The fourth-order valence-electron chi connectivity index (χ4n) is 3.02. The fourth-order valence-corrected chi connectivity index (χ4v) is 3.02. The van der Waals surface area contributed by atoms with Crippen molar-refractivity contribution in [2.75, 3.05) is 13.2 Å². The summed E-state index contributed by atoms with van der Waals surface area (Å²) in [6, 6.07) is 11.9. The van der Waals surface area contributed by atoms with Gasteiger partial charge in [0, 0.05) is 18.5 Å². The third kappa shape index (κ3) is 2.88. The lowest BCUT2D eigenvalue weighted by molar-refractivity contribution is 0.0630. The maximum Gasteiger partial charge on any atom is 0.273 e. The molecular weight excluding hydrogens is 304 g/mol. The molecule has 1 fully saturated rings. The minimum Gasteiger partial charge on any atom is -0.379 e. The highest BCUT2D eigenvalue weighted by molar-refractivity contribution is 5.95. The van der Waals surface area contributed by atoms with Crippen LogP contribution in [-0.4, -0.2) is 45.2 Å². The number of nitrogens with one attached hydrogen (secondary N) is 1. The average Bonchev–Trinajstić information content (AvgIpc) is 3.30. The number of nitrogens with zero attached hydrogens (tertiary/aromatic N) is 3. The van der Waals surface area contributed by atoms with Gasteiger partial charge in [0.25, 0.3) is 5.91 Å². The Morgan fingerprint density at radius 2 is 2.17 bits per heavy atom. The second-order valence-electron chi connectivity index (χ2n) is 5.96. The van der Waals surface area contributed by atoms with E-state index in [1.165, 1.54) is 0 Å². The van der Waals surface area contributed by atoms with Gasteiger partial charge in [-0.2, -0.15) is 5.10 Å². The first-order valence-corrected chi connectivity index (χ1v) is 8.03. The van der Waals surface area contributed by atoms with E-state index in [9.17, 15) is 4.79 Å². The topological polar surface area (TPSA) is 71.1 Å². The number of H-pyrrole nitrogens is 1. The molecule has 24 heavy (non-hydrogen) atoms. The number of carbonyl (C=O) groups is 1. The minimum absolute atomic E-state index is 0.0718. The summed E-state index contributed by atoms with van der Waals surface area (Å²) in [7, 11) is 0. The number of hydrogen-bond acceptors (Lipinski definition) is 4. The molecule has 3 heterocycles. The summed E-state index contributed by atoms with van der Waals surface area (Å²) in [4.78, 5) is 19.3. The summed E-state index contributed by atoms with van der Waals surface area (Å²) >= 11 is 0. The van der Waals surface area contributed by atoms with E-state index in [1.807, 2.05) is 35.2 Å². The maximum absolute atomic E-state index is 13.1. The van der Waals surface area contributed by atoms with Crippen LogP contribution in [0.3, 0.4) is 0 Å². The van der Waals surface area contributed by atoms with Crippen molar-refractivity contribution < 1.29 is 9.53 Å². The zero-order valence-electron chi connectivity index (χ0n) is 13.2. The summed E-state index contributed by atoms with van der Waals surface area (Å²) in [6.45, 7) is 1.82. The number of hydrogen-bond donors (Lipinski definition) is 1. The van der Waals surface area contributed by atoms with Gasteiger partial charge in [-0.3, -0.25) is 9.89 Å². The van der Waals surface area contributed by atoms with Crippen molar-refractivity contribution in [3.63, 3.8) is 0 Å². The standard InChI is InChI=1S/C18H18N4O2/c23-18(16-8-14-9-20-21-17(14)10-19-16)22(15-6-7-24-12-15)11-13-4-2-1-3-5-13/h1-5,8-10,15H,6-7,11-12H2,(H,20,21). The van der Waals surface area contributed by atoms with Crippen LogP contribution in [0.1, 0.15) is 22.5 Å². The molecule has 1 saturated heterocycles. The Bertz CT molecular complexity index is 840. The molecule has 2 aromatic heterocycles. The lowest BCUT2D eigenvalue weighted by Gasteiger charge is -2.28.